The van der Waals surface area contributed by atoms with Gasteiger partial charge in [0.25, 0.3) is 0 Å². The summed E-state index contributed by atoms with van der Waals surface area (Å²) in [6.07, 6.45) is 3.54. The number of thioether (sulfide) groups is 1. The van der Waals surface area contributed by atoms with Crippen LogP contribution >= 0.6 is 11.8 Å². The Bertz CT molecular complexity index is 924. The average molecular weight is 382 g/mol. The van der Waals surface area contributed by atoms with Crippen LogP contribution in [0.1, 0.15) is 23.7 Å². The van der Waals surface area contributed by atoms with E-state index in [4.69, 9.17) is 0 Å². The first kappa shape index (κ1) is 17.7. The van der Waals surface area contributed by atoms with Gasteiger partial charge in [-0.1, -0.05) is 54.2 Å². The van der Waals surface area contributed by atoms with Crippen molar-refractivity contribution < 1.29 is 9.18 Å². The highest BCUT2D eigenvalue weighted by Gasteiger charge is 2.30. The zero-order valence-corrected chi connectivity index (χ0v) is 15.5. The number of carbonyl (C=O) groups excluding carboxylic acids is 1. The predicted molar refractivity (Wildman–Crippen MR) is 102 cm³/mol. The lowest BCUT2D eigenvalue weighted by molar-refractivity contribution is -0.129. The smallest absolute Gasteiger partial charge is 0.240 e. The van der Waals surface area contributed by atoms with Gasteiger partial charge in [0.2, 0.25) is 5.91 Å². The number of carbonyl (C=O) groups is 1. The molecular weight excluding hydrogens is 363 g/mol. The first-order chi connectivity index (χ1) is 13.2. The molecule has 5 nitrogen and oxygen atoms in total. The fourth-order valence-corrected chi connectivity index (χ4v) is 4.32. The summed E-state index contributed by atoms with van der Waals surface area (Å²) in [7, 11) is 0. The molecule has 0 radical (unpaired) electrons. The molecule has 1 aliphatic rings. The van der Waals surface area contributed by atoms with Gasteiger partial charge in [-0.3, -0.25) is 9.36 Å². The third-order valence-corrected chi connectivity index (χ3v) is 5.79. The normalized spacial score (nSPS) is 15.1. The van der Waals surface area contributed by atoms with Crippen molar-refractivity contribution in [3.63, 3.8) is 0 Å². The number of amides is 1. The fraction of sp³-hybridized carbons (Fsp3) is 0.250. The zero-order chi connectivity index (χ0) is 18.6. The van der Waals surface area contributed by atoms with Gasteiger partial charge in [0.15, 0.2) is 5.16 Å². The quantitative estimate of drug-likeness (QED) is 0.629. The van der Waals surface area contributed by atoms with Crippen molar-refractivity contribution in [2.45, 2.75) is 23.2 Å². The first-order valence-corrected chi connectivity index (χ1v) is 9.77. The highest BCUT2D eigenvalue weighted by atomic mass is 32.2. The summed E-state index contributed by atoms with van der Waals surface area (Å²) in [4.78, 5) is 15.1. The molecule has 0 saturated carbocycles. The van der Waals surface area contributed by atoms with E-state index in [1.165, 1.54) is 24.2 Å². The lowest BCUT2D eigenvalue weighted by Crippen LogP contribution is -2.31. The summed E-state index contributed by atoms with van der Waals surface area (Å²) in [5, 5.41) is 8.13. The zero-order valence-electron chi connectivity index (χ0n) is 14.7. The maximum Gasteiger partial charge on any atom is 0.240 e. The minimum Gasteiger partial charge on any atom is -0.341 e. The molecule has 27 heavy (non-hydrogen) atoms. The summed E-state index contributed by atoms with van der Waals surface area (Å²) in [6.45, 7) is 1.56. The fourth-order valence-electron chi connectivity index (χ4n) is 3.21. The van der Waals surface area contributed by atoms with Crippen LogP contribution < -0.4 is 0 Å². The van der Waals surface area contributed by atoms with E-state index in [2.05, 4.69) is 10.2 Å². The molecular formula is C20H19FN4OS. The lowest BCUT2D eigenvalue weighted by atomic mass is 10.1. The molecule has 4 rings (SSSR count). The van der Waals surface area contributed by atoms with E-state index in [1.807, 2.05) is 35.2 Å². The molecule has 2 aromatic carbocycles. The predicted octanol–water partition coefficient (Wildman–Crippen LogP) is 3.86. The molecule has 3 aromatic rings. The number of rotatable bonds is 5. The Kier molecular flexibility index (Phi) is 5.20. The number of nitrogens with zero attached hydrogens (tertiary/aromatic N) is 4. The maximum atomic E-state index is 14.2. The molecule has 0 unspecified atom stereocenters. The van der Waals surface area contributed by atoms with E-state index < -0.39 is 5.25 Å². The second kappa shape index (κ2) is 7.92. The minimum absolute atomic E-state index is 0.0618. The molecule has 0 N–H and O–H groups in total. The van der Waals surface area contributed by atoms with Crippen molar-refractivity contribution in [1.82, 2.24) is 19.7 Å². The second-order valence-corrected chi connectivity index (χ2v) is 7.45. The van der Waals surface area contributed by atoms with E-state index in [-0.39, 0.29) is 11.7 Å². The van der Waals surface area contributed by atoms with Crippen LogP contribution in [0.5, 0.6) is 0 Å². The molecule has 2 heterocycles. The third-order valence-electron chi connectivity index (χ3n) is 4.60. The van der Waals surface area contributed by atoms with Crippen molar-refractivity contribution >= 4 is 17.7 Å². The first-order valence-electron chi connectivity index (χ1n) is 8.89. The van der Waals surface area contributed by atoms with Gasteiger partial charge in [0.05, 0.1) is 5.69 Å². The molecule has 138 valence electrons. The van der Waals surface area contributed by atoms with Crippen molar-refractivity contribution in [3.05, 3.63) is 72.3 Å². The van der Waals surface area contributed by atoms with Crippen LogP contribution in [0.2, 0.25) is 0 Å². The molecule has 0 spiro atoms. The van der Waals surface area contributed by atoms with Gasteiger partial charge in [-0.05, 0) is 30.5 Å². The number of aromatic nitrogens is 3. The van der Waals surface area contributed by atoms with Crippen LogP contribution in [0.3, 0.4) is 0 Å². The molecule has 1 fully saturated rings. The maximum absolute atomic E-state index is 14.2. The number of benzene rings is 2. The Morgan fingerprint density at radius 1 is 1.04 bits per heavy atom. The van der Waals surface area contributed by atoms with Crippen molar-refractivity contribution in [3.8, 4) is 5.69 Å². The SMILES string of the molecule is O=C([C@H](Sc1nncn1-c1ccccc1F)c1ccccc1)N1CCCC1. The van der Waals surface area contributed by atoms with Gasteiger partial charge in [-0.15, -0.1) is 10.2 Å². The van der Waals surface area contributed by atoms with Crippen LogP contribution in [-0.2, 0) is 4.79 Å². The Hall–Kier alpha value is -2.67. The molecule has 1 saturated heterocycles. The topological polar surface area (TPSA) is 51.0 Å². The largest absolute Gasteiger partial charge is 0.341 e. The van der Waals surface area contributed by atoms with Crippen LogP contribution in [0.15, 0.2) is 66.1 Å². The van der Waals surface area contributed by atoms with Crippen LogP contribution in [0.4, 0.5) is 4.39 Å². The molecule has 7 heteroatoms. The monoisotopic (exact) mass is 382 g/mol. The molecule has 1 atom stereocenters. The van der Waals surface area contributed by atoms with Crippen molar-refractivity contribution in [2.75, 3.05) is 13.1 Å². The van der Waals surface area contributed by atoms with Gasteiger partial charge < -0.3 is 4.90 Å². The summed E-state index contributed by atoms with van der Waals surface area (Å²) in [5.74, 6) is -0.298. The third kappa shape index (κ3) is 3.73. The van der Waals surface area contributed by atoms with Gasteiger partial charge in [0, 0.05) is 13.1 Å². The van der Waals surface area contributed by atoms with Gasteiger partial charge >= 0.3 is 0 Å². The van der Waals surface area contributed by atoms with E-state index in [0.717, 1.165) is 31.5 Å². The van der Waals surface area contributed by atoms with Gasteiger partial charge in [-0.25, -0.2) is 4.39 Å². The molecule has 0 bridgehead atoms. The Morgan fingerprint density at radius 2 is 1.74 bits per heavy atom. The Balaban J connectivity index is 1.68. The summed E-state index contributed by atoms with van der Waals surface area (Å²) >= 11 is 1.31. The molecule has 1 amide bonds. The van der Waals surface area contributed by atoms with Crippen LogP contribution in [0.25, 0.3) is 5.69 Å². The number of hydrogen-bond acceptors (Lipinski definition) is 4. The highest BCUT2D eigenvalue weighted by Crippen LogP contribution is 2.37. The van der Waals surface area contributed by atoms with Gasteiger partial charge in [-0.2, -0.15) is 0 Å². The average Bonchev–Trinajstić information content (AvgIpc) is 3.39. The minimum atomic E-state index is -0.445. The van der Waals surface area contributed by atoms with Crippen molar-refractivity contribution in [2.24, 2.45) is 0 Å². The van der Waals surface area contributed by atoms with Crippen LogP contribution in [0, 0.1) is 5.82 Å². The van der Waals surface area contributed by atoms with E-state index in [0.29, 0.717) is 10.8 Å². The van der Waals surface area contributed by atoms with Crippen LogP contribution in [-0.4, -0.2) is 38.7 Å². The standard InChI is InChI=1S/C20H19FN4OS/c21-16-10-4-5-11-17(16)25-14-22-23-20(25)27-18(15-8-2-1-3-9-15)19(26)24-12-6-7-13-24/h1-5,8-11,14,18H,6-7,12-13H2/t18-/m1/s1. The molecule has 1 aliphatic heterocycles. The lowest BCUT2D eigenvalue weighted by Gasteiger charge is -2.23. The second-order valence-electron chi connectivity index (χ2n) is 6.38. The number of halogens is 1. The number of hydrogen-bond donors (Lipinski definition) is 0. The summed E-state index contributed by atoms with van der Waals surface area (Å²) in [6, 6.07) is 16.1. The Labute approximate surface area is 161 Å². The van der Waals surface area contributed by atoms with E-state index in [9.17, 15) is 9.18 Å². The van der Waals surface area contributed by atoms with Crippen molar-refractivity contribution in [1.29, 1.82) is 0 Å². The molecule has 0 aliphatic carbocycles. The number of likely N-dealkylation sites (tertiary alicyclic amines) is 1. The van der Waals surface area contributed by atoms with Gasteiger partial charge in [0.1, 0.15) is 17.4 Å². The van der Waals surface area contributed by atoms with E-state index in [1.54, 1.807) is 22.8 Å². The number of para-hydroxylation sites is 1. The summed E-state index contributed by atoms with van der Waals surface area (Å²) in [5.41, 5.74) is 1.27. The summed E-state index contributed by atoms with van der Waals surface area (Å²) < 4.78 is 15.8. The molecule has 1 aromatic heterocycles. The van der Waals surface area contributed by atoms with E-state index >= 15 is 0 Å². The highest BCUT2D eigenvalue weighted by molar-refractivity contribution is 8.00. The Morgan fingerprint density at radius 3 is 2.48 bits per heavy atom.